The maximum absolute atomic E-state index is 12.8. The van der Waals surface area contributed by atoms with Crippen molar-refractivity contribution in [1.82, 2.24) is 4.90 Å². The first-order valence-electron chi connectivity index (χ1n) is 9.35. The average Bonchev–Trinajstić information content (AvgIpc) is 2.73. The molecule has 1 aliphatic heterocycles. The van der Waals surface area contributed by atoms with Crippen molar-refractivity contribution in [2.75, 3.05) is 24.5 Å². The third kappa shape index (κ3) is 3.49. The molecular weight excluding hydrogens is 352 g/mol. The molecule has 5 heteroatoms. The molecule has 142 valence electrons. The van der Waals surface area contributed by atoms with Crippen LogP contribution in [0, 0.1) is 6.92 Å². The van der Waals surface area contributed by atoms with Crippen molar-refractivity contribution < 1.29 is 14.7 Å². The minimum absolute atomic E-state index is 0.0304. The van der Waals surface area contributed by atoms with Crippen LogP contribution in [0.3, 0.4) is 0 Å². The minimum atomic E-state index is -1.27. The summed E-state index contributed by atoms with van der Waals surface area (Å²) in [5.41, 5.74) is 2.50. The highest BCUT2D eigenvalue weighted by atomic mass is 16.3. The molecule has 28 heavy (non-hydrogen) atoms. The van der Waals surface area contributed by atoms with E-state index in [1.165, 1.54) is 4.90 Å². The number of piperazine rings is 1. The molecule has 1 fully saturated rings. The number of benzene rings is 3. The molecule has 3 aromatic rings. The van der Waals surface area contributed by atoms with Crippen LogP contribution in [0.4, 0.5) is 5.69 Å². The smallest absolute Gasteiger partial charge is 0.256 e. The lowest BCUT2D eigenvalue weighted by atomic mass is 10.0. The molecule has 0 saturated carbocycles. The van der Waals surface area contributed by atoms with E-state index in [1.807, 2.05) is 67.6 Å². The Balaban J connectivity index is 1.47. The van der Waals surface area contributed by atoms with E-state index < -0.39 is 12.0 Å². The van der Waals surface area contributed by atoms with Crippen molar-refractivity contribution >= 4 is 28.3 Å². The summed E-state index contributed by atoms with van der Waals surface area (Å²) in [5.74, 6) is -0.582. The highest BCUT2D eigenvalue weighted by Crippen LogP contribution is 2.24. The number of carbonyl (C=O) groups is 2. The molecule has 1 N–H and O–H groups in total. The number of rotatable bonds is 3. The van der Waals surface area contributed by atoms with Crippen molar-refractivity contribution in [2.24, 2.45) is 0 Å². The van der Waals surface area contributed by atoms with Gasteiger partial charge in [0.25, 0.3) is 5.91 Å². The van der Waals surface area contributed by atoms with Gasteiger partial charge in [-0.05, 0) is 41.5 Å². The maximum atomic E-state index is 12.8. The maximum Gasteiger partial charge on any atom is 0.256 e. The number of nitrogens with zero attached hydrogens (tertiary/aromatic N) is 2. The van der Waals surface area contributed by atoms with E-state index in [9.17, 15) is 14.7 Å². The summed E-state index contributed by atoms with van der Waals surface area (Å²) in [6.45, 7) is 2.77. The van der Waals surface area contributed by atoms with Gasteiger partial charge in [-0.1, -0.05) is 54.1 Å². The molecule has 1 aliphatic rings. The molecule has 0 aromatic heterocycles. The van der Waals surface area contributed by atoms with E-state index in [4.69, 9.17) is 0 Å². The Bertz CT molecular complexity index is 1030. The number of carbonyl (C=O) groups excluding carboxylic acids is 2. The van der Waals surface area contributed by atoms with E-state index in [-0.39, 0.29) is 12.5 Å². The molecule has 0 aliphatic carbocycles. The second kappa shape index (κ2) is 7.44. The number of fused-ring (bicyclic) bond motifs is 1. The lowest BCUT2D eigenvalue weighted by molar-refractivity contribution is -0.144. The van der Waals surface area contributed by atoms with Gasteiger partial charge >= 0.3 is 0 Å². The molecule has 0 bridgehead atoms. The van der Waals surface area contributed by atoms with Crippen LogP contribution >= 0.6 is 0 Å². The van der Waals surface area contributed by atoms with E-state index in [2.05, 4.69) is 0 Å². The molecule has 4 rings (SSSR count). The Labute approximate surface area is 163 Å². The van der Waals surface area contributed by atoms with Crippen molar-refractivity contribution in [3.8, 4) is 0 Å². The number of anilines is 1. The zero-order valence-corrected chi connectivity index (χ0v) is 15.7. The number of aliphatic hydroxyl groups is 1. The number of hydrogen-bond acceptors (Lipinski definition) is 3. The Hall–Kier alpha value is -3.18. The summed E-state index contributed by atoms with van der Waals surface area (Å²) >= 11 is 0. The predicted molar refractivity (Wildman–Crippen MR) is 109 cm³/mol. The molecule has 2 amide bonds. The first-order chi connectivity index (χ1) is 13.5. The van der Waals surface area contributed by atoms with Crippen molar-refractivity contribution in [3.63, 3.8) is 0 Å². The standard InChI is InChI=1S/C23H22N2O3/c1-16-6-10-20(11-7-16)25-13-12-24(15-21(25)26)23(28)22(27)19-9-8-17-4-2-3-5-18(17)14-19/h2-11,14,22,27H,12-13,15H2,1H3/t22-/m1/s1. The van der Waals surface area contributed by atoms with Crippen LogP contribution in [0.25, 0.3) is 10.8 Å². The fraction of sp³-hybridized carbons (Fsp3) is 0.217. The second-order valence-corrected chi connectivity index (χ2v) is 7.15. The number of aliphatic hydroxyl groups excluding tert-OH is 1. The molecular formula is C23H22N2O3. The Kier molecular flexibility index (Phi) is 4.84. The summed E-state index contributed by atoms with van der Waals surface area (Å²) in [4.78, 5) is 28.5. The molecule has 1 heterocycles. The van der Waals surface area contributed by atoms with Crippen LogP contribution in [-0.4, -0.2) is 41.5 Å². The topological polar surface area (TPSA) is 60.9 Å². The predicted octanol–water partition coefficient (Wildman–Crippen LogP) is 3.06. The zero-order chi connectivity index (χ0) is 19.7. The Morgan fingerprint density at radius 3 is 2.39 bits per heavy atom. The summed E-state index contributed by atoms with van der Waals surface area (Å²) in [7, 11) is 0. The molecule has 0 radical (unpaired) electrons. The van der Waals surface area contributed by atoms with Gasteiger partial charge in [-0.15, -0.1) is 0 Å². The second-order valence-electron chi connectivity index (χ2n) is 7.15. The van der Waals surface area contributed by atoms with Gasteiger partial charge in [0.2, 0.25) is 5.91 Å². The van der Waals surface area contributed by atoms with Crippen LogP contribution < -0.4 is 4.90 Å². The van der Waals surface area contributed by atoms with Crippen molar-refractivity contribution in [2.45, 2.75) is 13.0 Å². The van der Waals surface area contributed by atoms with Gasteiger partial charge in [0, 0.05) is 18.8 Å². The Morgan fingerprint density at radius 1 is 0.964 bits per heavy atom. The first-order valence-corrected chi connectivity index (χ1v) is 9.35. The van der Waals surface area contributed by atoms with E-state index in [0.717, 1.165) is 22.0 Å². The average molecular weight is 374 g/mol. The highest BCUT2D eigenvalue weighted by Gasteiger charge is 2.31. The van der Waals surface area contributed by atoms with Crippen molar-refractivity contribution in [3.05, 3.63) is 77.9 Å². The molecule has 0 unspecified atom stereocenters. The van der Waals surface area contributed by atoms with Crippen LogP contribution in [0.2, 0.25) is 0 Å². The number of amides is 2. The molecule has 0 spiro atoms. The summed E-state index contributed by atoms with van der Waals surface area (Å²) in [5, 5.41) is 12.6. The van der Waals surface area contributed by atoms with Gasteiger partial charge in [0.1, 0.15) is 6.54 Å². The summed E-state index contributed by atoms with van der Waals surface area (Å²) in [6.07, 6.45) is -1.27. The zero-order valence-electron chi connectivity index (χ0n) is 15.7. The number of aryl methyl sites for hydroxylation is 1. The Morgan fingerprint density at radius 2 is 1.68 bits per heavy atom. The summed E-state index contributed by atoms with van der Waals surface area (Å²) in [6, 6.07) is 21.0. The minimum Gasteiger partial charge on any atom is -0.378 e. The van der Waals surface area contributed by atoms with Gasteiger partial charge in [-0.25, -0.2) is 0 Å². The molecule has 5 nitrogen and oxygen atoms in total. The van der Waals surface area contributed by atoms with Crippen molar-refractivity contribution in [1.29, 1.82) is 0 Å². The fourth-order valence-corrected chi connectivity index (χ4v) is 3.55. The summed E-state index contributed by atoms with van der Waals surface area (Å²) < 4.78 is 0. The number of hydrogen-bond donors (Lipinski definition) is 1. The van der Waals surface area contributed by atoms with Gasteiger partial charge in [-0.2, -0.15) is 0 Å². The van der Waals surface area contributed by atoms with E-state index >= 15 is 0 Å². The SMILES string of the molecule is Cc1ccc(N2CCN(C(=O)[C@H](O)c3ccc4ccccc4c3)CC2=O)cc1. The van der Waals surface area contributed by atoms with Gasteiger partial charge in [-0.3, -0.25) is 9.59 Å². The first kappa shape index (κ1) is 18.2. The molecule has 1 saturated heterocycles. The monoisotopic (exact) mass is 374 g/mol. The molecule has 3 aromatic carbocycles. The van der Waals surface area contributed by atoms with Gasteiger partial charge in [0.05, 0.1) is 0 Å². The quantitative estimate of drug-likeness (QED) is 0.767. The van der Waals surface area contributed by atoms with Gasteiger partial charge in [0.15, 0.2) is 6.10 Å². The van der Waals surface area contributed by atoms with Crippen LogP contribution in [-0.2, 0) is 9.59 Å². The normalized spacial score (nSPS) is 15.7. The third-order valence-electron chi connectivity index (χ3n) is 5.20. The third-order valence-corrected chi connectivity index (χ3v) is 5.20. The van der Waals surface area contributed by atoms with E-state index in [0.29, 0.717) is 18.7 Å². The van der Waals surface area contributed by atoms with Crippen LogP contribution in [0.15, 0.2) is 66.7 Å². The molecule has 1 atom stereocenters. The van der Waals surface area contributed by atoms with Crippen LogP contribution in [0.5, 0.6) is 0 Å². The highest BCUT2D eigenvalue weighted by molar-refractivity contribution is 5.98. The van der Waals surface area contributed by atoms with Crippen LogP contribution in [0.1, 0.15) is 17.2 Å². The van der Waals surface area contributed by atoms with E-state index in [1.54, 1.807) is 11.0 Å². The fourth-order valence-electron chi connectivity index (χ4n) is 3.55. The lowest BCUT2D eigenvalue weighted by Gasteiger charge is -2.35. The van der Waals surface area contributed by atoms with Gasteiger partial charge < -0.3 is 14.9 Å². The lowest BCUT2D eigenvalue weighted by Crippen LogP contribution is -2.53. The largest absolute Gasteiger partial charge is 0.378 e.